The number of rotatable bonds is 4. The number of nitrogens with one attached hydrogen (secondary N) is 1. The second-order valence-electron chi connectivity index (χ2n) is 4.02. The van der Waals surface area contributed by atoms with Crippen LogP contribution in [0.1, 0.15) is 10.5 Å². The van der Waals surface area contributed by atoms with Crippen LogP contribution in [0, 0.1) is 0 Å². The zero-order chi connectivity index (χ0) is 13.8. The van der Waals surface area contributed by atoms with Crippen molar-refractivity contribution < 1.29 is 14.7 Å². The van der Waals surface area contributed by atoms with Gasteiger partial charge in [0.05, 0.1) is 12.1 Å². The molecule has 1 aromatic carbocycles. The topological polar surface area (TPSA) is 105 Å². The predicted molar refractivity (Wildman–Crippen MR) is 69.3 cm³/mol. The lowest BCUT2D eigenvalue weighted by Crippen LogP contribution is -2.40. The summed E-state index contributed by atoms with van der Waals surface area (Å²) in [6.07, 6.45) is -1.40. The van der Waals surface area contributed by atoms with E-state index in [1.165, 1.54) is 0 Å². The molecule has 19 heavy (non-hydrogen) atoms. The molecule has 0 aliphatic carbocycles. The molecule has 6 heteroatoms. The lowest BCUT2D eigenvalue weighted by Gasteiger charge is -2.08. The summed E-state index contributed by atoms with van der Waals surface area (Å²) < 4.78 is 0. The highest BCUT2D eigenvalue weighted by molar-refractivity contribution is 5.95. The number of pyridine rings is 1. The number of hydrogen-bond donors (Lipinski definition) is 3. The molecule has 0 saturated carbocycles. The predicted octanol–water partition coefficient (Wildman–Crippen LogP) is -0.189. The van der Waals surface area contributed by atoms with Crippen molar-refractivity contribution in [2.45, 2.75) is 6.10 Å². The SMILES string of the molecule is NC(=O)C(O)CNC(=O)c1ccc2ccccc2n1. The molecule has 0 aliphatic heterocycles. The summed E-state index contributed by atoms with van der Waals surface area (Å²) >= 11 is 0. The first-order chi connectivity index (χ1) is 9.08. The Balaban J connectivity index is 2.11. The third-order valence-electron chi connectivity index (χ3n) is 2.62. The summed E-state index contributed by atoms with van der Waals surface area (Å²) in [5.41, 5.74) is 5.80. The number of nitrogens with two attached hydrogens (primary N) is 1. The fraction of sp³-hybridized carbons (Fsp3) is 0.154. The van der Waals surface area contributed by atoms with Crippen LogP contribution in [0.4, 0.5) is 0 Å². The minimum atomic E-state index is -1.40. The van der Waals surface area contributed by atoms with E-state index >= 15 is 0 Å². The Hall–Kier alpha value is -2.47. The van der Waals surface area contributed by atoms with Crippen molar-refractivity contribution in [1.29, 1.82) is 0 Å². The van der Waals surface area contributed by atoms with Crippen LogP contribution in [0.15, 0.2) is 36.4 Å². The third-order valence-corrected chi connectivity index (χ3v) is 2.62. The quantitative estimate of drug-likeness (QED) is 0.707. The van der Waals surface area contributed by atoms with Crippen LogP contribution in [0.3, 0.4) is 0 Å². The molecule has 1 aromatic heterocycles. The largest absolute Gasteiger partial charge is 0.381 e. The van der Waals surface area contributed by atoms with Gasteiger partial charge < -0.3 is 16.2 Å². The van der Waals surface area contributed by atoms with Gasteiger partial charge in [-0.15, -0.1) is 0 Å². The Bertz CT molecular complexity index is 627. The molecule has 4 N–H and O–H groups in total. The molecule has 2 amide bonds. The Kier molecular flexibility index (Phi) is 3.72. The monoisotopic (exact) mass is 259 g/mol. The molecule has 0 saturated heterocycles. The molecule has 6 nitrogen and oxygen atoms in total. The minimum Gasteiger partial charge on any atom is -0.381 e. The van der Waals surface area contributed by atoms with Crippen molar-refractivity contribution in [3.05, 3.63) is 42.1 Å². The highest BCUT2D eigenvalue weighted by Gasteiger charge is 2.14. The van der Waals surface area contributed by atoms with Crippen LogP contribution in [0.25, 0.3) is 10.9 Å². The molecule has 0 spiro atoms. The van der Waals surface area contributed by atoms with Gasteiger partial charge in [-0.2, -0.15) is 0 Å². The van der Waals surface area contributed by atoms with Crippen molar-refractivity contribution in [2.24, 2.45) is 5.73 Å². The van der Waals surface area contributed by atoms with E-state index in [2.05, 4.69) is 10.3 Å². The number of carbonyl (C=O) groups is 2. The normalized spacial score (nSPS) is 12.1. The highest BCUT2D eigenvalue weighted by Crippen LogP contribution is 2.11. The molecule has 0 aliphatic rings. The van der Waals surface area contributed by atoms with E-state index in [0.29, 0.717) is 5.52 Å². The van der Waals surface area contributed by atoms with Crippen LogP contribution >= 0.6 is 0 Å². The van der Waals surface area contributed by atoms with E-state index < -0.39 is 17.9 Å². The van der Waals surface area contributed by atoms with Crippen LogP contribution in [-0.2, 0) is 4.79 Å². The van der Waals surface area contributed by atoms with E-state index in [1.807, 2.05) is 18.2 Å². The van der Waals surface area contributed by atoms with E-state index in [9.17, 15) is 14.7 Å². The van der Waals surface area contributed by atoms with Gasteiger partial charge in [0.15, 0.2) is 0 Å². The number of amides is 2. The Labute approximate surface area is 109 Å². The van der Waals surface area contributed by atoms with Gasteiger partial charge in [0.25, 0.3) is 5.91 Å². The van der Waals surface area contributed by atoms with Crippen molar-refractivity contribution in [2.75, 3.05) is 6.54 Å². The molecule has 0 radical (unpaired) electrons. The fourth-order valence-corrected chi connectivity index (χ4v) is 1.57. The van der Waals surface area contributed by atoms with Crippen LogP contribution in [0.5, 0.6) is 0 Å². The number of benzene rings is 1. The number of aliphatic hydroxyl groups is 1. The van der Waals surface area contributed by atoms with E-state index in [1.54, 1.807) is 18.2 Å². The summed E-state index contributed by atoms with van der Waals surface area (Å²) in [6, 6.07) is 10.8. The van der Waals surface area contributed by atoms with Gasteiger partial charge in [0, 0.05) is 5.39 Å². The molecule has 1 atom stereocenters. The molecular weight excluding hydrogens is 246 g/mol. The molecule has 98 valence electrons. The molecule has 2 aromatic rings. The van der Waals surface area contributed by atoms with Crippen molar-refractivity contribution >= 4 is 22.7 Å². The maximum atomic E-state index is 11.8. The molecule has 1 unspecified atom stereocenters. The second kappa shape index (κ2) is 5.45. The first-order valence-corrected chi connectivity index (χ1v) is 5.69. The average Bonchev–Trinajstić information content (AvgIpc) is 2.43. The van der Waals surface area contributed by atoms with Gasteiger partial charge in [0.1, 0.15) is 11.8 Å². The van der Waals surface area contributed by atoms with Gasteiger partial charge in [0.2, 0.25) is 5.91 Å². The Morgan fingerprint density at radius 1 is 1.26 bits per heavy atom. The number of fused-ring (bicyclic) bond motifs is 1. The number of aromatic nitrogens is 1. The zero-order valence-corrected chi connectivity index (χ0v) is 10.0. The summed E-state index contributed by atoms with van der Waals surface area (Å²) in [5, 5.41) is 12.5. The third kappa shape index (κ3) is 3.05. The van der Waals surface area contributed by atoms with Crippen LogP contribution < -0.4 is 11.1 Å². The Morgan fingerprint density at radius 2 is 2.00 bits per heavy atom. The number of primary amides is 1. The number of para-hydroxylation sites is 1. The van der Waals surface area contributed by atoms with Gasteiger partial charge >= 0.3 is 0 Å². The lowest BCUT2D eigenvalue weighted by atomic mass is 10.2. The maximum Gasteiger partial charge on any atom is 0.270 e. The average molecular weight is 259 g/mol. The molecule has 0 fully saturated rings. The summed E-state index contributed by atoms with van der Waals surface area (Å²) in [4.78, 5) is 26.6. The highest BCUT2D eigenvalue weighted by atomic mass is 16.3. The lowest BCUT2D eigenvalue weighted by molar-refractivity contribution is -0.125. The smallest absolute Gasteiger partial charge is 0.270 e. The summed E-state index contributed by atoms with van der Waals surface area (Å²) in [6.45, 7) is -0.233. The van der Waals surface area contributed by atoms with Crippen molar-refractivity contribution in [1.82, 2.24) is 10.3 Å². The van der Waals surface area contributed by atoms with Gasteiger partial charge in [-0.25, -0.2) is 4.98 Å². The molecule has 0 bridgehead atoms. The molecular formula is C13H13N3O3. The fourth-order valence-electron chi connectivity index (χ4n) is 1.57. The molecule has 2 rings (SSSR count). The second-order valence-corrected chi connectivity index (χ2v) is 4.02. The van der Waals surface area contributed by atoms with Crippen LogP contribution in [-0.4, -0.2) is 34.6 Å². The zero-order valence-electron chi connectivity index (χ0n) is 10.0. The van der Waals surface area contributed by atoms with Gasteiger partial charge in [-0.3, -0.25) is 9.59 Å². The number of nitrogens with zero attached hydrogens (tertiary/aromatic N) is 1. The van der Waals surface area contributed by atoms with Crippen LogP contribution in [0.2, 0.25) is 0 Å². The van der Waals surface area contributed by atoms with E-state index in [4.69, 9.17) is 5.73 Å². The standard InChI is InChI=1S/C13H13N3O3/c14-12(18)11(17)7-15-13(19)10-6-5-8-3-1-2-4-9(8)16-10/h1-6,11,17H,7H2,(H2,14,18)(H,15,19). The van der Waals surface area contributed by atoms with Gasteiger partial charge in [-0.1, -0.05) is 24.3 Å². The summed E-state index contributed by atoms with van der Waals surface area (Å²) in [7, 11) is 0. The number of carbonyl (C=O) groups excluding carboxylic acids is 2. The molecule has 1 heterocycles. The van der Waals surface area contributed by atoms with Gasteiger partial charge in [-0.05, 0) is 12.1 Å². The first kappa shape index (κ1) is 13.0. The van der Waals surface area contributed by atoms with E-state index in [0.717, 1.165) is 5.39 Å². The number of hydrogen-bond acceptors (Lipinski definition) is 4. The van der Waals surface area contributed by atoms with Crippen molar-refractivity contribution in [3.8, 4) is 0 Å². The summed E-state index contributed by atoms with van der Waals surface area (Å²) in [5.74, 6) is -1.35. The minimum absolute atomic E-state index is 0.218. The first-order valence-electron chi connectivity index (χ1n) is 5.69. The van der Waals surface area contributed by atoms with E-state index in [-0.39, 0.29) is 12.2 Å². The van der Waals surface area contributed by atoms with Crippen molar-refractivity contribution in [3.63, 3.8) is 0 Å². The maximum absolute atomic E-state index is 11.8. The number of aliphatic hydroxyl groups excluding tert-OH is 1. The Morgan fingerprint density at radius 3 is 2.74 bits per heavy atom.